The molecule has 8 heteroatoms. The Kier molecular flexibility index (Phi) is 3.82. The molecule has 0 aliphatic heterocycles. The van der Waals surface area contributed by atoms with Gasteiger partial charge >= 0.3 is 5.97 Å². The number of carboxylic acid groups (broad SMARTS) is 1. The number of benzene rings is 1. The molecular formula is C13H14N2O5S. The summed E-state index contributed by atoms with van der Waals surface area (Å²) in [6, 6.07) is 2.60. The first-order valence-electron chi connectivity index (χ1n) is 6.07. The van der Waals surface area contributed by atoms with Gasteiger partial charge in [-0.1, -0.05) is 5.16 Å². The summed E-state index contributed by atoms with van der Waals surface area (Å²) in [4.78, 5) is 14.9. The van der Waals surface area contributed by atoms with Gasteiger partial charge in [-0.2, -0.15) is 4.98 Å². The van der Waals surface area contributed by atoms with E-state index in [0.29, 0.717) is 11.1 Å². The molecule has 1 aromatic heterocycles. The van der Waals surface area contributed by atoms with Crippen LogP contribution in [-0.4, -0.2) is 29.6 Å². The zero-order valence-corrected chi connectivity index (χ0v) is 12.6. The first-order valence-corrected chi connectivity index (χ1v) is 7.72. The quantitative estimate of drug-likeness (QED) is 0.914. The van der Waals surface area contributed by atoms with Gasteiger partial charge in [-0.05, 0) is 37.1 Å². The molecule has 0 saturated heterocycles. The lowest BCUT2D eigenvalue weighted by molar-refractivity contribution is 0.0696. The molecular weight excluding hydrogens is 296 g/mol. The third kappa shape index (κ3) is 3.10. The van der Waals surface area contributed by atoms with Gasteiger partial charge in [0.1, 0.15) is 5.75 Å². The summed E-state index contributed by atoms with van der Waals surface area (Å²) in [5.41, 5.74) is 1.04. The van der Waals surface area contributed by atoms with Crippen LogP contribution in [-0.2, 0) is 15.6 Å². The van der Waals surface area contributed by atoms with Crippen LogP contribution in [0.1, 0.15) is 33.2 Å². The van der Waals surface area contributed by atoms with E-state index in [9.17, 15) is 13.2 Å². The second-order valence-electron chi connectivity index (χ2n) is 4.71. The van der Waals surface area contributed by atoms with E-state index in [1.807, 2.05) is 0 Å². The average Bonchev–Trinajstić information content (AvgIpc) is 2.76. The van der Waals surface area contributed by atoms with Crippen LogP contribution >= 0.6 is 0 Å². The Balaban J connectivity index is 2.51. The third-order valence-electron chi connectivity index (χ3n) is 3.09. The van der Waals surface area contributed by atoms with Gasteiger partial charge < -0.3 is 9.63 Å². The number of rotatable bonds is 4. The minimum Gasteiger partial charge on any atom is -0.478 e. The van der Waals surface area contributed by atoms with Crippen molar-refractivity contribution in [2.45, 2.75) is 31.4 Å². The number of carbonyl (C=O) groups is 1. The van der Waals surface area contributed by atoms with E-state index < -0.39 is 21.6 Å². The maximum atomic E-state index is 12.4. The highest BCUT2D eigenvalue weighted by atomic mass is 32.2. The van der Waals surface area contributed by atoms with Crippen LogP contribution < -0.4 is 0 Å². The summed E-state index contributed by atoms with van der Waals surface area (Å²) >= 11 is 0. The zero-order chi connectivity index (χ0) is 15.8. The molecule has 0 bridgehead atoms. The maximum Gasteiger partial charge on any atom is 0.335 e. The van der Waals surface area contributed by atoms with Crippen LogP contribution in [0.3, 0.4) is 0 Å². The molecule has 1 aromatic carbocycles. The molecule has 1 N–H and O–H groups in total. The second-order valence-corrected chi connectivity index (χ2v) is 6.67. The van der Waals surface area contributed by atoms with Crippen molar-refractivity contribution in [2.24, 2.45) is 0 Å². The molecule has 0 unspecified atom stereocenters. The predicted octanol–water partition coefficient (Wildman–Crippen LogP) is 1.67. The molecule has 0 aliphatic rings. The third-order valence-corrected chi connectivity index (χ3v) is 4.82. The minimum absolute atomic E-state index is 0.0256. The summed E-state index contributed by atoms with van der Waals surface area (Å²) in [6.45, 7) is 4.86. The lowest BCUT2D eigenvalue weighted by atomic mass is 10.1. The summed E-state index contributed by atoms with van der Waals surface area (Å²) < 4.78 is 29.6. The fourth-order valence-electron chi connectivity index (χ4n) is 1.92. The monoisotopic (exact) mass is 310 g/mol. The lowest BCUT2D eigenvalue weighted by Crippen LogP contribution is -2.11. The van der Waals surface area contributed by atoms with Gasteiger partial charge in [0.05, 0.1) is 10.5 Å². The molecule has 2 aromatic rings. The molecule has 0 atom stereocenters. The molecule has 0 amide bonds. The van der Waals surface area contributed by atoms with E-state index >= 15 is 0 Å². The highest BCUT2D eigenvalue weighted by Gasteiger charge is 2.23. The van der Waals surface area contributed by atoms with Crippen molar-refractivity contribution in [3.8, 4) is 0 Å². The Morgan fingerprint density at radius 2 is 1.95 bits per heavy atom. The topological polar surface area (TPSA) is 110 Å². The first-order chi connectivity index (χ1) is 9.70. The molecule has 2 rings (SSSR count). The molecule has 0 fully saturated rings. The Labute approximate surface area is 121 Å². The van der Waals surface area contributed by atoms with Crippen molar-refractivity contribution in [3.63, 3.8) is 0 Å². The maximum absolute atomic E-state index is 12.4. The molecule has 0 radical (unpaired) electrons. The average molecular weight is 310 g/mol. The minimum atomic E-state index is -3.76. The van der Waals surface area contributed by atoms with Gasteiger partial charge in [-0.15, -0.1) is 0 Å². The highest BCUT2D eigenvalue weighted by molar-refractivity contribution is 7.90. The summed E-state index contributed by atoms with van der Waals surface area (Å²) in [6.07, 6.45) is 0. The van der Waals surface area contributed by atoms with Crippen molar-refractivity contribution in [1.29, 1.82) is 0 Å². The van der Waals surface area contributed by atoms with Crippen molar-refractivity contribution in [1.82, 2.24) is 10.1 Å². The fourth-order valence-corrected chi connectivity index (χ4v) is 3.47. The fraction of sp³-hybridized carbons (Fsp3) is 0.308. The number of carboxylic acids is 1. The van der Waals surface area contributed by atoms with Crippen molar-refractivity contribution >= 4 is 15.8 Å². The molecule has 1 heterocycles. The van der Waals surface area contributed by atoms with Crippen LogP contribution in [0.25, 0.3) is 0 Å². The number of hydrogen-bond acceptors (Lipinski definition) is 6. The standard InChI is InChI=1S/C13H14N2O5S/c1-7-4-10(13(16)17)5-11(8(7)2)21(18,19)6-12-14-9(3)20-15-12/h4-5H,6H2,1-3H3,(H,16,17). The van der Waals surface area contributed by atoms with Gasteiger partial charge in [0, 0.05) is 6.92 Å². The molecule has 0 spiro atoms. The Morgan fingerprint density at radius 3 is 2.48 bits per heavy atom. The predicted molar refractivity (Wildman–Crippen MR) is 72.8 cm³/mol. The normalized spacial score (nSPS) is 11.6. The highest BCUT2D eigenvalue weighted by Crippen LogP contribution is 2.24. The van der Waals surface area contributed by atoms with Crippen LogP contribution in [0, 0.1) is 20.8 Å². The van der Waals surface area contributed by atoms with Crippen LogP contribution in [0.5, 0.6) is 0 Å². The molecule has 112 valence electrons. The van der Waals surface area contributed by atoms with Gasteiger partial charge in [0.2, 0.25) is 5.89 Å². The molecule has 0 saturated carbocycles. The van der Waals surface area contributed by atoms with E-state index in [1.165, 1.54) is 6.07 Å². The molecule has 0 aliphatic carbocycles. The van der Waals surface area contributed by atoms with Crippen LogP contribution in [0.2, 0.25) is 0 Å². The van der Waals surface area contributed by atoms with Crippen molar-refractivity contribution in [3.05, 3.63) is 40.5 Å². The largest absolute Gasteiger partial charge is 0.478 e. The van der Waals surface area contributed by atoms with Gasteiger partial charge in [0.25, 0.3) is 0 Å². The lowest BCUT2D eigenvalue weighted by Gasteiger charge is -2.10. The summed E-state index contributed by atoms with van der Waals surface area (Å²) in [5.74, 6) is -1.30. The first kappa shape index (κ1) is 15.2. The zero-order valence-electron chi connectivity index (χ0n) is 11.7. The Hall–Kier alpha value is -2.22. The SMILES string of the molecule is Cc1nc(CS(=O)(=O)c2cc(C(=O)O)cc(C)c2C)no1. The number of nitrogens with zero attached hydrogens (tertiary/aromatic N) is 2. The van der Waals surface area contributed by atoms with Crippen molar-refractivity contribution in [2.75, 3.05) is 0 Å². The molecule has 7 nitrogen and oxygen atoms in total. The Bertz CT molecular complexity index is 808. The number of aromatic carboxylic acids is 1. The van der Waals surface area contributed by atoms with Gasteiger partial charge in [-0.3, -0.25) is 0 Å². The van der Waals surface area contributed by atoms with Gasteiger partial charge in [0.15, 0.2) is 15.7 Å². The molecule has 21 heavy (non-hydrogen) atoms. The van der Waals surface area contributed by atoms with E-state index in [4.69, 9.17) is 9.63 Å². The summed E-state index contributed by atoms with van der Waals surface area (Å²) in [5, 5.41) is 12.6. The smallest absolute Gasteiger partial charge is 0.335 e. The number of aryl methyl sites for hydroxylation is 2. The number of hydrogen-bond donors (Lipinski definition) is 1. The van der Waals surface area contributed by atoms with E-state index in [-0.39, 0.29) is 22.2 Å². The second kappa shape index (κ2) is 5.28. The number of sulfone groups is 1. The van der Waals surface area contributed by atoms with Gasteiger partial charge in [-0.25, -0.2) is 13.2 Å². The van der Waals surface area contributed by atoms with E-state index in [1.54, 1.807) is 20.8 Å². The van der Waals surface area contributed by atoms with Crippen LogP contribution in [0.15, 0.2) is 21.6 Å². The Morgan fingerprint density at radius 1 is 1.29 bits per heavy atom. The van der Waals surface area contributed by atoms with Crippen LogP contribution in [0.4, 0.5) is 0 Å². The van der Waals surface area contributed by atoms with E-state index in [0.717, 1.165) is 6.07 Å². The van der Waals surface area contributed by atoms with E-state index in [2.05, 4.69) is 10.1 Å². The summed E-state index contributed by atoms with van der Waals surface area (Å²) in [7, 11) is -3.76. The number of aromatic nitrogens is 2. The van der Waals surface area contributed by atoms with Crippen molar-refractivity contribution < 1.29 is 22.8 Å².